The molecule has 0 amide bonds. The second-order valence-electron chi connectivity index (χ2n) is 4.40. The van der Waals surface area contributed by atoms with Crippen LogP contribution in [0.5, 0.6) is 0 Å². The van der Waals surface area contributed by atoms with E-state index in [4.69, 9.17) is 0 Å². The highest BCUT2D eigenvalue weighted by atomic mass is 19.4. The molecule has 104 valence electrons. The second-order valence-corrected chi connectivity index (χ2v) is 4.40. The fraction of sp³-hybridized carbons (Fsp3) is 0.500. The molecular weight excluding hydrogens is 259 g/mol. The zero-order valence-corrected chi connectivity index (χ0v) is 10.6. The van der Waals surface area contributed by atoms with Gasteiger partial charge in [-0.1, -0.05) is 13.8 Å². The first-order valence-electron chi connectivity index (χ1n) is 6.06. The van der Waals surface area contributed by atoms with Crippen molar-refractivity contribution in [2.75, 3.05) is 0 Å². The molecule has 2 rings (SSSR count). The lowest BCUT2D eigenvalue weighted by Crippen LogP contribution is -2.17. The Morgan fingerprint density at radius 1 is 1.32 bits per heavy atom. The van der Waals surface area contributed by atoms with Gasteiger partial charge in [-0.15, -0.1) is 0 Å². The number of nitrogens with one attached hydrogen (secondary N) is 1. The number of halogens is 3. The minimum absolute atomic E-state index is 0.00160. The molecule has 0 fully saturated rings. The number of pyridine rings is 1. The van der Waals surface area contributed by atoms with Gasteiger partial charge >= 0.3 is 6.18 Å². The van der Waals surface area contributed by atoms with Gasteiger partial charge < -0.3 is 0 Å². The molecule has 0 saturated heterocycles. The summed E-state index contributed by atoms with van der Waals surface area (Å²) in [7, 11) is 0. The smallest absolute Gasteiger partial charge is 0.276 e. The van der Waals surface area contributed by atoms with Crippen molar-refractivity contribution in [1.82, 2.24) is 14.6 Å². The lowest BCUT2D eigenvalue weighted by atomic mass is 10.0. The Hall–Kier alpha value is -1.79. The number of aromatic nitrogens is 3. The SMILES string of the molecule is CCC(CC)c1nc2cc(C(F)(F)F)cc(=O)n2[nH]1. The van der Waals surface area contributed by atoms with Gasteiger partial charge in [0.25, 0.3) is 5.56 Å². The van der Waals surface area contributed by atoms with Crippen LogP contribution in [0.3, 0.4) is 0 Å². The highest BCUT2D eigenvalue weighted by Gasteiger charge is 2.32. The van der Waals surface area contributed by atoms with E-state index in [1.807, 2.05) is 13.8 Å². The maximum Gasteiger partial charge on any atom is 0.416 e. The van der Waals surface area contributed by atoms with Crippen molar-refractivity contribution in [3.63, 3.8) is 0 Å². The molecule has 2 heterocycles. The van der Waals surface area contributed by atoms with Crippen molar-refractivity contribution in [2.45, 2.75) is 38.8 Å². The third-order valence-electron chi connectivity index (χ3n) is 3.17. The van der Waals surface area contributed by atoms with E-state index in [0.29, 0.717) is 11.9 Å². The van der Waals surface area contributed by atoms with Crippen molar-refractivity contribution >= 4 is 5.65 Å². The van der Waals surface area contributed by atoms with E-state index in [1.165, 1.54) is 0 Å². The van der Waals surface area contributed by atoms with Crippen LogP contribution in [0.2, 0.25) is 0 Å². The molecule has 0 aliphatic carbocycles. The zero-order chi connectivity index (χ0) is 14.2. The molecule has 2 aromatic heterocycles. The van der Waals surface area contributed by atoms with Crippen molar-refractivity contribution < 1.29 is 13.2 Å². The van der Waals surface area contributed by atoms with E-state index in [-0.39, 0.29) is 11.6 Å². The summed E-state index contributed by atoms with van der Waals surface area (Å²) in [5, 5.41) is 2.77. The summed E-state index contributed by atoms with van der Waals surface area (Å²) >= 11 is 0. The predicted molar refractivity (Wildman–Crippen MR) is 64.1 cm³/mol. The molecule has 0 radical (unpaired) electrons. The van der Waals surface area contributed by atoms with Crippen LogP contribution in [0.4, 0.5) is 13.2 Å². The Morgan fingerprint density at radius 2 is 1.95 bits per heavy atom. The zero-order valence-electron chi connectivity index (χ0n) is 10.6. The van der Waals surface area contributed by atoms with Crippen LogP contribution < -0.4 is 5.56 Å². The van der Waals surface area contributed by atoms with Crippen molar-refractivity contribution in [3.8, 4) is 0 Å². The first kappa shape index (κ1) is 13.6. The number of H-pyrrole nitrogens is 1. The number of aromatic amines is 1. The molecule has 7 heteroatoms. The molecule has 0 bridgehead atoms. The maximum absolute atomic E-state index is 12.6. The molecule has 0 saturated carbocycles. The number of fused-ring (bicyclic) bond motifs is 1. The molecule has 2 aromatic rings. The average Bonchev–Trinajstić information content (AvgIpc) is 2.74. The Bertz CT molecular complexity index is 638. The van der Waals surface area contributed by atoms with Crippen LogP contribution in [-0.2, 0) is 6.18 Å². The van der Waals surface area contributed by atoms with Gasteiger partial charge in [0.2, 0.25) is 0 Å². The topological polar surface area (TPSA) is 50.2 Å². The number of hydrogen-bond acceptors (Lipinski definition) is 2. The van der Waals surface area contributed by atoms with Crippen LogP contribution in [0.1, 0.15) is 44.0 Å². The fourth-order valence-corrected chi connectivity index (χ4v) is 2.03. The van der Waals surface area contributed by atoms with Crippen LogP contribution in [0.25, 0.3) is 5.65 Å². The standard InChI is InChI=1S/C12H14F3N3O/c1-3-7(4-2)11-16-9-5-8(12(13,14)15)6-10(19)18(9)17-11/h5-7H,3-4H2,1-2H3,(H,16,17). The second kappa shape index (κ2) is 4.71. The Morgan fingerprint density at radius 3 is 2.47 bits per heavy atom. The summed E-state index contributed by atoms with van der Waals surface area (Å²) in [5.74, 6) is 0.648. The molecule has 0 aliphatic rings. The molecule has 0 atom stereocenters. The third-order valence-corrected chi connectivity index (χ3v) is 3.17. The van der Waals surface area contributed by atoms with Gasteiger partial charge in [0, 0.05) is 12.0 Å². The van der Waals surface area contributed by atoms with Crippen LogP contribution in [0, 0.1) is 0 Å². The third kappa shape index (κ3) is 2.50. The van der Waals surface area contributed by atoms with Crippen molar-refractivity contribution in [2.24, 2.45) is 0 Å². The van der Waals surface area contributed by atoms with Crippen LogP contribution in [-0.4, -0.2) is 14.6 Å². The quantitative estimate of drug-likeness (QED) is 0.934. The van der Waals surface area contributed by atoms with Crippen LogP contribution >= 0.6 is 0 Å². The van der Waals surface area contributed by atoms with E-state index < -0.39 is 17.3 Å². The molecular formula is C12H14F3N3O. The maximum atomic E-state index is 12.6. The number of nitrogens with zero attached hydrogens (tertiary/aromatic N) is 2. The van der Waals surface area contributed by atoms with E-state index in [9.17, 15) is 18.0 Å². The lowest BCUT2D eigenvalue weighted by Gasteiger charge is -2.06. The van der Waals surface area contributed by atoms with E-state index >= 15 is 0 Å². The van der Waals surface area contributed by atoms with E-state index in [1.54, 1.807) is 0 Å². The minimum atomic E-state index is -4.54. The monoisotopic (exact) mass is 273 g/mol. The van der Waals surface area contributed by atoms with E-state index in [2.05, 4.69) is 10.1 Å². The Labute approximate surface area is 107 Å². The Kier molecular flexibility index (Phi) is 3.38. The predicted octanol–water partition coefficient (Wildman–Crippen LogP) is 2.95. The minimum Gasteiger partial charge on any atom is -0.276 e. The number of hydrogen-bond donors (Lipinski definition) is 1. The molecule has 0 aromatic carbocycles. The normalized spacial score (nSPS) is 12.5. The largest absolute Gasteiger partial charge is 0.416 e. The first-order valence-corrected chi connectivity index (χ1v) is 6.06. The molecule has 19 heavy (non-hydrogen) atoms. The first-order chi connectivity index (χ1) is 8.86. The molecule has 0 spiro atoms. The van der Waals surface area contributed by atoms with E-state index in [0.717, 1.165) is 23.4 Å². The van der Waals surface area contributed by atoms with Gasteiger partial charge in [0.1, 0.15) is 5.82 Å². The fourth-order valence-electron chi connectivity index (χ4n) is 2.03. The summed E-state index contributed by atoms with van der Waals surface area (Å²) in [5.41, 5.74) is -1.73. The summed E-state index contributed by atoms with van der Waals surface area (Å²) in [4.78, 5) is 15.7. The highest BCUT2D eigenvalue weighted by molar-refractivity contribution is 5.41. The molecule has 0 unspecified atom stereocenters. The van der Waals surface area contributed by atoms with Crippen molar-refractivity contribution in [1.29, 1.82) is 0 Å². The Balaban J connectivity index is 2.60. The summed E-state index contributed by atoms with van der Waals surface area (Å²) in [6.07, 6.45) is -2.93. The van der Waals surface area contributed by atoms with Gasteiger partial charge in [-0.05, 0) is 18.9 Å². The number of alkyl halides is 3. The number of rotatable bonds is 3. The molecule has 0 aliphatic heterocycles. The lowest BCUT2D eigenvalue weighted by molar-refractivity contribution is -0.137. The van der Waals surface area contributed by atoms with Crippen molar-refractivity contribution in [3.05, 3.63) is 33.9 Å². The molecule has 1 N–H and O–H groups in total. The van der Waals surface area contributed by atoms with Gasteiger partial charge in [0.05, 0.1) is 5.56 Å². The van der Waals surface area contributed by atoms with Gasteiger partial charge in [-0.2, -0.15) is 13.2 Å². The van der Waals surface area contributed by atoms with Gasteiger partial charge in [0.15, 0.2) is 5.65 Å². The summed E-state index contributed by atoms with van der Waals surface area (Å²) < 4.78 is 38.9. The van der Waals surface area contributed by atoms with Gasteiger partial charge in [-0.3, -0.25) is 9.89 Å². The average molecular weight is 273 g/mol. The highest BCUT2D eigenvalue weighted by Crippen LogP contribution is 2.29. The molecule has 4 nitrogen and oxygen atoms in total. The summed E-state index contributed by atoms with van der Waals surface area (Å²) in [6.45, 7) is 3.93. The summed E-state index contributed by atoms with van der Waals surface area (Å²) in [6, 6.07) is 1.45. The van der Waals surface area contributed by atoms with Crippen LogP contribution in [0.15, 0.2) is 16.9 Å². The van der Waals surface area contributed by atoms with Gasteiger partial charge in [-0.25, -0.2) is 9.50 Å².